The number of halogens is 2. The fraction of sp³-hybridized carbons (Fsp3) is 0.217. The number of hydrogen-bond acceptors (Lipinski definition) is 6. The Hall–Kier alpha value is -4.26. The molecule has 1 amide bonds. The van der Waals surface area contributed by atoms with Crippen LogP contribution < -0.4 is 20.9 Å². The molecule has 2 N–H and O–H groups in total. The monoisotopic (exact) mass is 453 g/mol. The highest BCUT2D eigenvalue weighted by Crippen LogP contribution is 2.10. The summed E-state index contributed by atoms with van der Waals surface area (Å²) in [5.41, 5.74) is -0.221. The van der Waals surface area contributed by atoms with E-state index in [1.165, 1.54) is 36.1 Å². The van der Waals surface area contributed by atoms with E-state index in [1.54, 1.807) is 12.3 Å². The molecule has 0 aliphatic carbocycles. The van der Waals surface area contributed by atoms with Gasteiger partial charge in [0.2, 0.25) is 11.8 Å². The van der Waals surface area contributed by atoms with Crippen LogP contribution in [-0.2, 0) is 6.54 Å². The Bertz CT molecular complexity index is 1250. The number of benzene rings is 1. The van der Waals surface area contributed by atoms with Crippen molar-refractivity contribution in [1.82, 2.24) is 19.9 Å². The zero-order valence-corrected chi connectivity index (χ0v) is 17.8. The molecule has 0 atom stereocenters. The van der Waals surface area contributed by atoms with Gasteiger partial charge in [-0.15, -0.1) is 0 Å². The Morgan fingerprint density at radius 2 is 2.03 bits per heavy atom. The normalized spacial score (nSPS) is 10.2. The second-order valence-electron chi connectivity index (χ2n) is 6.74. The average molecular weight is 453 g/mol. The maximum absolute atomic E-state index is 13.4. The molecule has 3 aromatic rings. The third kappa shape index (κ3) is 6.61. The number of rotatable bonds is 8. The van der Waals surface area contributed by atoms with Crippen LogP contribution in [0, 0.1) is 23.5 Å². The van der Waals surface area contributed by atoms with Crippen molar-refractivity contribution in [1.29, 1.82) is 0 Å². The van der Waals surface area contributed by atoms with Crippen molar-refractivity contribution in [2.24, 2.45) is 0 Å². The molecular weight excluding hydrogens is 432 g/mol. The first kappa shape index (κ1) is 23.4. The van der Waals surface area contributed by atoms with Gasteiger partial charge < -0.3 is 19.9 Å². The molecule has 0 saturated heterocycles. The van der Waals surface area contributed by atoms with Gasteiger partial charge in [-0.1, -0.05) is 17.9 Å². The van der Waals surface area contributed by atoms with Crippen LogP contribution in [0.4, 0.5) is 14.7 Å². The number of methoxy groups -OCH3 is 1. The summed E-state index contributed by atoms with van der Waals surface area (Å²) in [6.45, 7) is 0.564. The topological polar surface area (TPSA) is 98.1 Å². The molecule has 0 radical (unpaired) electrons. The van der Waals surface area contributed by atoms with Gasteiger partial charge in [0.15, 0.2) is 11.6 Å². The van der Waals surface area contributed by atoms with Crippen LogP contribution in [0.2, 0.25) is 0 Å². The predicted molar refractivity (Wildman–Crippen MR) is 118 cm³/mol. The number of nitrogens with one attached hydrogen (secondary N) is 2. The molecule has 2 aromatic heterocycles. The lowest BCUT2D eigenvalue weighted by Crippen LogP contribution is -2.33. The Morgan fingerprint density at radius 3 is 2.82 bits per heavy atom. The summed E-state index contributed by atoms with van der Waals surface area (Å²) in [7, 11) is 1.52. The van der Waals surface area contributed by atoms with E-state index in [1.807, 2.05) is 0 Å². The van der Waals surface area contributed by atoms with Crippen LogP contribution in [0.25, 0.3) is 0 Å². The highest BCUT2D eigenvalue weighted by molar-refractivity contribution is 5.93. The smallest absolute Gasteiger partial charge is 0.263 e. The van der Waals surface area contributed by atoms with Crippen molar-refractivity contribution in [3.05, 3.63) is 81.9 Å². The number of nitrogens with zero attached hydrogens (tertiary/aromatic N) is 3. The van der Waals surface area contributed by atoms with E-state index in [-0.39, 0.29) is 18.7 Å². The summed E-state index contributed by atoms with van der Waals surface area (Å²) in [4.78, 5) is 33.1. The fourth-order valence-electron chi connectivity index (χ4n) is 2.82. The van der Waals surface area contributed by atoms with E-state index in [0.717, 1.165) is 12.1 Å². The van der Waals surface area contributed by atoms with Gasteiger partial charge in [0, 0.05) is 31.4 Å². The summed E-state index contributed by atoms with van der Waals surface area (Å²) in [5.74, 6) is 4.04. The first-order chi connectivity index (χ1) is 16.0. The molecule has 33 heavy (non-hydrogen) atoms. The van der Waals surface area contributed by atoms with Crippen LogP contribution in [0.1, 0.15) is 22.3 Å². The first-order valence-electron chi connectivity index (χ1n) is 9.96. The summed E-state index contributed by atoms with van der Waals surface area (Å²) in [5, 5.41) is 5.58. The molecule has 0 fully saturated rings. The molecular formula is C23H21F2N5O3. The molecule has 0 aliphatic heterocycles. The second-order valence-corrected chi connectivity index (χ2v) is 6.74. The lowest BCUT2D eigenvalue weighted by atomic mass is 10.2. The van der Waals surface area contributed by atoms with Gasteiger partial charge in [-0.25, -0.2) is 13.8 Å². The zero-order chi connectivity index (χ0) is 23.6. The maximum atomic E-state index is 13.4. The van der Waals surface area contributed by atoms with Crippen LogP contribution in [0.15, 0.2) is 53.6 Å². The molecule has 2 heterocycles. The number of carbonyl (C=O) groups excluding carboxylic acids is 1. The summed E-state index contributed by atoms with van der Waals surface area (Å²) < 4.78 is 32.8. The zero-order valence-electron chi connectivity index (χ0n) is 17.8. The van der Waals surface area contributed by atoms with Crippen molar-refractivity contribution in [2.75, 3.05) is 25.5 Å². The van der Waals surface area contributed by atoms with Gasteiger partial charge >= 0.3 is 0 Å². The van der Waals surface area contributed by atoms with Crippen molar-refractivity contribution in [3.8, 4) is 17.7 Å². The number of anilines is 1. The molecule has 8 nitrogen and oxygen atoms in total. The molecule has 0 aliphatic rings. The SMILES string of the molecule is COc1ccnc(NCCC#CCNC(=O)c2cccn(Cc3ccc(F)c(F)c3)c2=O)n1. The Balaban J connectivity index is 1.50. The van der Waals surface area contributed by atoms with E-state index in [9.17, 15) is 18.4 Å². The van der Waals surface area contributed by atoms with Gasteiger partial charge in [0.1, 0.15) is 5.56 Å². The Labute approximate surface area is 188 Å². The molecule has 3 rings (SSSR count). The quantitative estimate of drug-likeness (QED) is 0.401. The van der Waals surface area contributed by atoms with Gasteiger partial charge in [0.05, 0.1) is 20.2 Å². The molecule has 0 spiro atoms. The molecule has 0 bridgehead atoms. The lowest BCUT2D eigenvalue weighted by Gasteiger charge is -2.08. The number of amides is 1. The highest BCUT2D eigenvalue weighted by atomic mass is 19.2. The fourth-order valence-corrected chi connectivity index (χ4v) is 2.82. The van der Waals surface area contributed by atoms with Crippen LogP contribution >= 0.6 is 0 Å². The van der Waals surface area contributed by atoms with Crippen LogP contribution in [0.3, 0.4) is 0 Å². The number of hydrogen-bond donors (Lipinski definition) is 2. The van der Waals surface area contributed by atoms with Gasteiger partial charge in [-0.05, 0) is 29.8 Å². The number of pyridine rings is 1. The predicted octanol–water partition coefficient (Wildman–Crippen LogP) is 2.21. The third-order valence-corrected chi connectivity index (χ3v) is 4.44. The van der Waals surface area contributed by atoms with E-state index in [2.05, 4.69) is 32.4 Å². The van der Waals surface area contributed by atoms with Crippen LogP contribution in [0.5, 0.6) is 5.88 Å². The molecule has 10 heteroatoms. The number of aromatic nitrogens is 3. The minimum absolute atomic E-state index is 0.000954. The Morgan fingerprint density at radius 1 is 1.18 bits per heavy atom. The first-order valence-corrected chi connectivity index (χ1v) is 9.96. The van der Waals surface area contributed by atoms with E-state index in [4.69, 9.17) is 4.74 Å². The third-order valence-electron chi connectivity index (χ3n) is 4.44. The van der Waals surface area contributed by atoms with Crippen molar-refractivity contribution in [3.63, 3.8) is 0 Å². The molecule has 0 unspecified atom stereocenters. The van der Waals surface area contributed by atoms with Gasteiger partial charge in [-0.2, -0.15) is 4.98 Å². The molecule has 170 valence electrons. The minimum Gasteiger partial charge on any atom is -0.481 e. The number of carbonyl (C=O) groups is 1. The van der Waals surface area contributed by atoms with Gasteiger partial charge in [-0.3, -0.25) is 9.59 Å². The Kier molecular flexibility index (Phi) is 8.07. The molecule has 0 saturated carbocycles. The lowest BCUT2D eigenvalue weighted by molar-refractivity contribution is 0.0956. The standard InChI is InChI=1S/C23H21F2N5O3/c1-33-20-9-12-28-23(29-20)27-11-4-2-3-10-26-21(31)17-6-5-13-30(22(17)32)15-16-7-8-18(24)19(25)14-16/h5-9,12-14H,4,10-11,15H2,1H3,(H,26,31)(H,27,28,29). The molecule has 1 aromatic carbocycles. The van der Waals surface area contributed by atoms with Gasteiger partial charge in [0.25, 0.3) is 11.5 Å². The second kappa shape index (κ2) is 11.4. The van der Waals surface area contributed by atoms with E-state index < -0.39 is 23.1 Å². The summed E-state index contributed by atoms with van der Waals surface area (Å²) >= 11 is 0. The largest absolute Gasteiger partial charge is 0.481 e. The van der Waals surface area contributed by atoms with Crippen LogP contribution in [-0.4, -0.2) is 40.6 Å². The summed E-state index contributed by atoms with van der Waals surface area (Å²) in [6, 6.07) is 7.95. The number of ether oxygens (including phenoxy) is 1. The average Bonchev–Trinajstić information content (AvgIpc) is 2.82. The van der Waals surface area contributed by atoms with E-state index >= 15 is 0 Å². The van der Waals surface area contributed by atoms with E-state index in [0.29, 0.717) is 30.4 Å². The maximum Gasteiger partial charge on any atom is 0.263 e. The van der Waals surface area contributed by atoms with Crippen molar-refractivity contribution in [2.45, 2.75) is 13.0 Å². The van der Waals surface area contributed by atoms with Crippen molar-refractivity contribution < 1.29 is 18.3 Å². The highest BCUT2D eigenvalue weighted by Gasteiger charge is 2.12. The van der Waals surface area contributed by atoms with Crippen molar-refractivity contribution >= 4 is 11.9 Å². The summed E-state index contributed by atoms with van der Waals surface area (Å²) in [6.07, 6.45) is 3.53. The minimum atomic E-state index is -1.00.